The lowest BCUT2D eigenvalue weighted by atomic mass is 10.3. The summed E-state index contributed by atoms with van der Waals surface area (Å²) in [6.07, 6.45) is 4.06. The third-order valence-electron chi connectivity index (χ3n) is 2.10. The third-order valence-corrected chi connectivity index (χ3v) is 2.10. The summed E-state index contributed by atoms with van der Waals surface area (Å²) in [5, 5.41) is 3.51. The van der Waals surface area contributed by atoms with Crippen molar-refractivity contribution in [3.05, 3.63) is 0 Å². The molecular weight excluding hydrogens is 110 g/mol. The van der Waals surface area contributed by atoms with Gasteiger partial charge >= 0.3 is 0 Å². The molecule has 1 heteroatoms. The van der Waals surface area contributed by atoms with Crippen molar-refractivity contribution in [3.63, 3.8) is 0 Å². The fourth-order valence-corrected chi connectivity index (χ4v) is 1.28. The van der Waals surface area contributed by atoms with E-state index in [1.807, 2.05) is 0 Å². The van der Waals surface area contributed by atoms with Crippen LogP contribution in [0.5, 0.6) is 0 Å². The van der Waals surface area contributed by atoms with E-state index in [0.29, 0.717) is 0 Å². The van der Waals surface area contributed by atoms with Crippen molar-refractivity contribution in [2.75, 3.05) is 6.54 Å². The van der Waals surface area contributed by atoms with Crippen LogP contribution in [-0.2, 0) is 0 Å². The average molecular weight is 127 g/mol. The Hall–Kier alpha value is -0.0400. The van der Waals surface area contributed by atoms with Gasteiger partial charge in [0.1, 0.15) is 0 Å². The van der Waals surface area contributed by atoms with Gasteiger partial charge in [0.25, 0.3) is 0 Å². The minimum Gasteiger partial charge on any atom is -0.314 e. The second-order valence-electron chi connectivity index (χ2n) is 2.96. The van der Waals surface area contributed by atoms with E-state index in [0.717, 1.165) is 12.0 Å². The Labute approximate surface area is 57.8 Å². The fraction of sp³-hybridized carbons (Fsp3) is 1.00. The smallest absolute Gasteiger partial charge is 0.00990 e. The van der Waals surface area contributed by atoms with Gasteiger partial charge in [0, 0.05) is 6.04 Å². The zero-order chi connectivity index (χ0) is 6.69. The van der Waals surface area contributed by atoms with Gasteiger partial charge in [-0.15, -0.1) is 0 Å². The number of nitrogens with one attached hydrogen (secondary N) is 1. The molecule has 0 aromatic rings. The molecule has 0 amide bonds. The van der Waals surface area contributed by atoms with Crippen LogP contribution in [0, 0.1) is 5.92 Å². The molecular formula is C8H17N. The second-order valence-corrected chi connectivity index (χ2v) is 2.96. The van der Waals surface area contributed by atoms with E-state index >= 15 is 0 Å². The maximum Gasteiger partial charge on any atom is 0.00990 e. The molecule has 2 unspecified atom stereocenters. The minimum absolute atomic E-state index is 0.884. The van der Waals surface area contributed by atoms with Gasteiger partial charge in [0.2, 0.25) is 0 Å². The van der Waals surface area contributed by atoms with Crippen molar-refractivity contribution in [2.45, 2.75) is 39.2 Å². The van der Waals surface area contributed by atoms with Gasteiger partial charge in [-0.3, -0.25) is 0 Å². The van der Waals surface area contributed by atoms with E-state index in [4.69, 9.17) is 0 Å². The standard InChI is InChI=1S/C8H17N/c1-3-5-9-8-6-7(8)4-2/h7-9H,3-6H2,1-2H3. The minimum atomic E-state index is 0.884. The molecule has 1 nitrogen and oxygen atoms in total. The molecule has 0 aromatic heterocycles. The predicted molar refractivity (Wildman–Crippen MR) is 40.5 cm³/mol. The lowest BCUT2D eigenvalue weighted by molar-refractivity contribution is 0.616. The average Bonchev–Trinajstić information content (AvgIpc) is 2.62. The topological polar surface area (TPSA) is 12.0 Å². The predicted octanol–water partition coefficient (Wildman–Crippen LogP) is 1.78. The molecule has 0 heterocycles. The van der Waals surface area contributed by atoms with E-state index in [2.05, 4.69) is 19.2 Å². The van der Waals surface area contributed by atoms with E-state index < -0.39 is 0 Å². The van der Waals surface area contributed by atoms with Crippen LogP contribution in [-0.4, -0.2) is 12.6 Å². The first-order chi connectivity index (χ1) is 4.38. The van der Waals surface area contributed by atoms with E-state index in [1.165, 1.54) is 25.8 Å². The summed E-state index contributed by atoms with van der Waals surface area (Å²) < 4.78 is 0. The molecule has 0 bridgehead atoms. The molecule has 1 N–H and O–H groups in total. The molecule has 0 radical (unpaired) electrons. The van der Waals surface area contributed by atoms with Crippen molar-refractivity contribution in [1.82, 2.24) is 5.32 Å². The van der Waals surface area contributed by atoms with E-state index in [-0.39, 0.29) is 0 Å². The highest BCUT2D eigenvalue weighted by Crippen LogP contribution is 2.32. The van der Waals surface area contributed by atoms with Crippen molar-refractivity contribution in [3.8, 4) is 0 Å². The molecule has 0 spiro atoms. The third kappa shape index (κ3) is 1.98. The van der Waals surface area contributed by atoms with Crippen LogP contribution >= 0.6 is 0 Å². The Kier molecular flexibility index (Phi) is 2.52. The summed E-state index contributed by atoms with van der Waals surface area (Å²) in [6.45, 7) is 5.70. The Morgan fingerprint density at radius 1 is 1.44 bits per heavy atom. The van der Waals surface area contributed by atoms with Crippen molar-refractivity contribution < 1.29 is 0 Å². The first-order valence-electron chi connectivity index (χ1n) is 4.11. The molecule has 0 aliphatic heterocycles. The van der Waals surface area contributed by atoms with Crippen LogP contribution in [0.2, 0.25) is 0 Å². The van der Waals surface area contributed by atoms with Crippen LogP contribution in [0.25, 0.3) is 0 Å². The molecule has 2 atom stereocenters. The Morgan fingerprint density at radius 2 is 2.22 bits per heavy atom. The van der Waals surface area contributed by atoms with Gasteiger partial charge in [-0.1, -0.05) is 20.3 Å². The van der Waals surface area contributed by atoms with E-state index in [1.54, 1.807) is 0 Å². The Balaban J connectivity index is 1.92. The van der Waals surface area contributed by atoms with Gasteiger partial charge in [-0.05, 0) is 25.3 Å². The summed E-state index contributed by atoms with van der Waals surface area (Å²) >= 11 is 0. The lowest BCUT2D eigenvalue weighted by Gasteiger charge is -1.98. The first kappa shape index (κ1) is 7.07. The molecule has 1 aliphatic rings. The summed E-state index contributed by atoms with van der Waals surface area (Å²) in [5.41, 5.74) is 0. The maximum atomic E-state index is 3.51. The lowest BCUT2D eigenvalue weighted by Crippen LogP contribution is -2.18. The SMILES string of the molecule is CCCNC1CC1CC. The van der Waals surface area contributed by atoms with Gasteiger partial charge in [0.15, 0.2) is 0 Å². The molecule has 0 saturated heterocycles. The van der Waals surface area contributed by atoms with Crippen molar-refractivity contribution >= 4 is 0 Å². The van der Waals surface area contributed by atoms with Crippen molar-refractivity contribution in [1.29, 1.82) is 0 Å². The molecule has 1 rings (SSSR count). The zero-order valence-corrected chi connectivity index (χ0v) is 6.48. The fourth-order valence-electron chi connectivity index (χ4n) is 1.28. The molecule has 1 saturated carbocycles. The monoisotopic (exact) mass is 127 g/mol. The summed E-state index contributed by atoms with van der Waals surface area (Å²) in [7, 11) is 0. The first-order valence-corrected chi connectivity index (χ1v) is 4.11. The highest BCUT2D eigenvalue weighted by atomic mass is 15.0. The van der Waals surface area contributed by atoms with Gasteiger partial charge < -0.3 is 5.32 Å². The van der Waals surface area contributed by atoms with Crippen LogP contribution in [0.3, 0.4) is 0 Å². The summed E-state index contributed by atoms with van der Waals surface area (Å²) in [5.74, 6) is 1.01. The highest BCUT2D eigenvalue weighted by molar-refractivity contribution is 4.91. The van der Waals surface area contributed by atoms with Gasteiger partial charge in [0.05, 0.1) is 0 Å². The Bertz CT molecular complexity index is 80.6. The van der Waals surface area contributed by atoms with Crippen LogP contribution in [0.15, 0.2) is 0 Å². The van der Waals surface area contributed by atoms with Gasteiger partial charge in [-0.25, -0.2) is 0 Å². The number of hydrogen-bond donors (Lipinski definition) is 1. The van der Waals surface area contributed by atoms with Crippen molar-refractivity contribution in [2.24, 2.45) is 5.92 Å². The molecule has 54 valence electrons. The second kappa shape index (κ2) is 3.21. The molecule has 0 aromatic carbocycles. The normalized spacial score (nSPS) is 32.7. The van der Waals surface area contributed by atoms with Crippen LogP contribution < -0.4 is 5.32 Å². The number of rotatable bonds is 4. The van der Waals surface area contributed by atoms with Crippen LogP contribution in [0.1, 0.15) is 33.1 Å². The van der Waals surface area contributed by atoms with Crippen LogP contribution in [0.4, 0.5) is 0 Å². The summed E-state index contributed by atoms with van der Waals surface area (Å²) in [4.78, 5) is 0. The zero-order valence-electron chi connectivity index (χ0n) is 6.48. The Morgan fingerprint density at radius 3 is 2.67 bits per heavy atom. The molecule has 1 fully saturated rings. The maximum absolute atomic E-state index is 3.51. The molecule has 9 heavy (non-hydrogen) atoms. The largest absolute Gasteiger partial charge is 0.314 e. The highest BCUT2D eigenvalue weighted by Gasteiger charge is 2.33. The van der Waals surface area contributed by atoms with E-state index in [9.17, 15) is 0 Å². The van der Waals surface area contributed by atoms with Gasteiger partial charge in [-0.2, -0.15) is 0 Å². The molecule has 1 aliphatic carbocycles. The summed E-state index contributed by atoms with van der Waals surface area (Å²) in [6, 6.07) is 0.884. The quantitative estimate of drug-likeness (QED) is 0.607. The number of hydrogen-bond acceptors (Lipinski definition) is 1.